The maximum atomic E-state index is 12.7. The van der Waals surface area contributed by atoms with E-state index in [1.165, 1.54) is 30.5 Å². The number of benzene rings is 1. The number of nitrogens with zero attached hydrogens (tertiary/aromatic N) is 1. The highest BCUT2D eigenvalue weighted by molar-refractivity contribution is 5.16. The minimum atomic E-state index is -0.165. The SMILES string of the molecule is [CH2]C1CCCN1Cc1ccc(F)cc1. The molecule has 14 heavy (non-hydrogen) atoms. The molecule has 1 fully saturated rings. The molecule has 0 aliphatic carbocycles. The normalized spacial score (nSPS) is 22.9. The summed E-state index contributed by atoms with van der Waals surface area (Å²) >= 11 is 0. The maximum absolute atomic E-state index is 12.7. The van der Waals surface area contributed by atoms with Gasteiger partial charge in [0.2, 0.25) is 0 Å². The summed E-state index contributed by atoms with van der Waals surface area (Å²) in [4.78, 5) is 2.34. The molecule has 1 aliphatic heterocycles. The standard InChI is InChI=1S/C12H15FN/c1-10-3-2-8-14(10)9-11-4-6-12(13)7-5-11/h4-7,10H,1-3,8-9H2. The lowest BCUT2D eigenvalue weighted by Gasteiger charge is -2.20. The van der Waals surface area contributed by atoms with Crippen LogP contribution >= 0.6 is 0 Å². The van der Waals surface area contributed by atoms with Crippen molar-refractivity contribution in [2.45, 2.75) is 25.4 Å². The topological polar surface area (TPSA) is 3.24 Å². The molecule has 1 aromatic rings. The van der Waals surface area contributed by atoms with Crippen molar-refractivity contribution in [3.63, 3.8) is 0 Å². The Morgan fingerprint density at radius 2 is 2.07 bits per heavy atom. The zero-order valence-electron chi connectivity index (χ0n) is 8.25. The van der Waals surface area contributed by atoms with Gasteiger partial charge in [0.1, 0.15) is 5.82 Å². The lowest BCUT2D eigenvalue weighted by atomic mass is 10.2. The molecular weight excluding hydrogens is 177 g/mol. The molecule has 2 heteroatoms. The summed E-state index contributed by atoms with van der Waals surface area (Å²) in [6.45, 7) is 6.10. The van der Waals surface area contributed by atoms with Gasteiger partial charge >= 0.3 is 0 Å². The second-order valence-electron chi connectivity index (χ2n) is 3.89. The summed E-state index contributed by atoms with van der Waals surface area (Å²) in [7, 11) is 0. The van der Waals surface area contributed by atoms with Gasteiger partial charge in [-0.25, -0.2) is 4.39 Å². The van der Waals surface area contributed by atoms with E-state index in [4.69, 9.17) is 0 Å². The molecule has 2 rings (SSSR count). The van der Waals surface area contributed by atoms with Crippen LogP contribution in [0.2, 0.25) is 0 Å². The predicted molar refractivity (Wildman–Crippen MR) is 55.2 cm³/mol. The van der Waals surface area contributed by atoms with Crippen molar-refractivity contribution in [3.8, 4) is 0 Å². The Kier molecular flexibility index (Phi) is 2.82. The third kappa shape index (κ3) is 2.13. The molecule has 1 unspecified atom stereocenters. The molecule has 1 saturated heterocycles. The zero-order valence-corrected chi connectivity index (χ0v) is 8.25. The van der Waals surface area contributed by atoms with Gasteiger partial charge in [-0.15, -0.1) is 0 Å². The van der Waals surface area contributed by atoms with Crippen LogP contribution in [-0.4, -0.2) is 17.5 Å². The smallest absolute Gasteiger partial charge is 0.123 e. The first-order valence-corrected chi connectivity index (χ1v) is 5.07. The fourth-order valence-corrected chi connectivity index (χ4v) is 1.93. The largest absolute Gasteiger partial charge is 0.296 e. The van der Waals surface area contributed by atoms with Gasteiger partial charge in [0, 0.05) is 12.6 Å². The quantitative estimate of drug-likeness (QED) is 0.696. The fourth-order valence-electron chi connectivity index (χ4n) is 1.93. The molecule has 0 N–H and O–H groups in total. The number of likely N-dealkylation sites (tertiary alicyclic amines) is 1. The Bertz CT molecular complexity index is 294. The van der Waals surface area contributed by atoms with Crippen molar-refractivity contribution >= 4 is 0 Å². The Hall–Kier alpha value is -0.890. The molecule has 0 amide bonds. The Labute approximate surface area is 84.5 Å². The first-order chi connectivity index (χ1) is 6.75. The molecule has 1 aromatic carbocycles. The molecule has 1 atom stereocenters. The molecule has 0 saturated carbocycles. The molecule has 0 bridgehead atoms. The van der Waals surface area contributed by atoms with Crippen LogP contribution in [0.3, 0.4) is 0 Å². The highest BCUT2D eigenvalue weighted by Gasteiger charge is 2.19. The second-order valence-corrected chi connectivity index (χ2v) is 3.89. The first kappa shape index (κ1) is 9.66. The summed E-state index contributed by atoms with van der Waals surface area (Å²) in [5, 5.41) is 0. The van der Waals surface area contributed by atoms with Crippen LogP contribution in [-0.2, 0) is 6.54 Å². The van der Waals surface area contributed by atoms with Crippen LogP contribution in [0.25, 0.3) is 0 Å². The van der Waals surface area contributed by atoms with Gasteiger partial charge in [-0.05, 0) is 44.0 Å². The molecule has 1 aliphatic rings. The summed E-state index contributed by atoms with van der Waals surface area (Å²) < 4.78 is 12.7. The van der Waals surface area contributed by atoms with Crippen molar-refractivity contribution in [1.82, 2.24) is 4.90 Å². The van der Waals surface area contributed by atoms with Gasteiger partial charge in [-0.3, -0.25) is 4.90 Å². The average molecular weight is 192 g/mol. The third-order valence-electron chi connectivity index (χ3n) is 2.80. The van der Waals surface area contributed by atoms with Crippen LogP contribution < -0.4 is 0 Å². The molecular formula is C12H15FN. The van der Waals surface area contributed by atoms with Gasteiger partial charge in [0.25, 0.3) is 0 Å². The minimum absolute atomic E-state index is 0.165. The summed E-state index contributed by atoms with van der Waals surface area (Å²) in [6, 6.07) is 7.16. The van der Waals surface area contributed by atoms with Gasteiger partial charge in [0.15, 0.2) is 0 Å². The molecule has 1 radical (unpaired) electrons. The van der Waals surface area contributed by atoms with Crippen LogP contribution in [0, 0.1) is 12.7 Å². The summed E-state index contributed by atoms with van der Waals surface area (Å²) in [5.74, 6) is -0.165. The lowest BCUT2D eigenvalue weighted by Crippen LogP contribution is -2.26. The van der Waals surface area contributed by atoms with Crippen LogP contribution in [0.5, 0.6) is 0 Å². The number of halogens is 1. The lowest BCUT2D eigenvalue weighted by molar-refractivity contribution is 0.279. The number of rotatable bonds is 2. The molecule has 75 valence electrons. The minimum Gasteiger partial charge on any atom is -0.296 e. The average Bonchev–Trinajstić information content (AvgIpc) is 2.56. The Balaban J connectivity index is 2.00. The van der Waals surface area contributed by atoms with Crippen LogP contribution in [0.1, 0.15) is 18.4 Å². The van der Waals surface area contributed by atoms with E-state index in [0.29, 0.717) is 6.04 Å². The van der Waals surface area contributed by atoms with Gasteiger partial charge < -0.3 is 0 Å². The number of hydrogen-bond donors (Lipinski definition) is 0. The van der Waals surface area contributed by atoms with E-state index in [-0.39, 0.29) is 5.82 Å². The Morgan fingerprint density at radius 1 is 1.36 bits per heavy atom. The molecule has 1 nitrogen and oxygen atoms in total. The van der Waals surface area contributed by atoms with Crippen molar-refractivity contribution in [2.75, 3.05) is 6.54 Å². The van der Waals surface area contributed by atoms with E-state index in [1.807, 2.05) is 12.1 Å². The summed E-state index contributed by atoms with van der Waals surface area (Å²) in [6.07, 6.45) is 2.41. The van der Waals surface area contributed by atoms with Crippen LogP contribution in [0.4, 0.5) is 4.39 Å². The zero-order chi connectivity index (χ0) is 9.97. The monoisotopic (exact) mass is 192 g/mol. The van der Waals surface area contributed by atoms with Gasteiger partial charge in [-0.1, -0.05) is 12.1 Å². The molecule has 0 aromatic heterocycles. The molecule has 0 spiro atoms. The van der Waals surface area contributed by atoms with E-state index >= 15 is 0 Å². The van der Waals surface area contributed by atoms with E-state index in [0.717, 1.165) is 13.1 Å². The predicted octanol–water partition coefficient (Wildman–Crippen LogP) is 2.62. The van der Waals surface area contributed by atoms with Crippen LogP contribution in [0.15, 0.2) is 24.3 Å². The van der Waals surface area contributed by atoms with Crippen molar-refractivity contribution in [2.24, 2.45) is 0 Å². The van der Waals surface area contributed by atoms with E-state index in [9.17, 15) is 4.39 Å². The van der Waals surface area contributed by atoms with Crippen molar-refractivity contribution in [1.29, 1.82) is 0 Å². The third-order valence-corrected chi connectivity index (χ3v) is 2.80. The highest BCUT2D eigenvalue weighted by atomic mass is 19.1. The van der Waals surface area contributed by atoms with E-state index in [1.54, 1.807) is 0 Å². The first-order valence-electron chi connectivity index (χ1n) is 5.07. The maximum Gasteiger partial charge on any atom is 0.123 e. The van der Waals surface area contributed by atoms with E-state index in [2.05, 4.69) is 11.8 Å². The second kappa shape index (κ2) is 4.09. The number of hydrogen-bond acceptors (Lipinski definition) is 1. The van der Waals surface area contributed by atoms with Crippen molar-refractivity contribution in [3.05, 3.63) is 42.6 Å². The van der Waals surface area contributed by atoms with Crippen molar-refractivity contribution < 1.29 is 4.39 Å². The van der Waals surface area contributed by atoms with Gasteiger partial charge in [-0.2, -0.15) is 0 Å². The van der Waals surface area contributed by atoms with E-state index < -0.39 is 0 Å². The molecule has 1 heterocycles. The summed E-state index contributed by atoms with van der Waals surface area (Å²) in [5.41, 5.74) is 1.17. The fraction of sp³-hybridized carbons (Fsp3) is 0.417. The highest BCUT2D eigenvalue weighted by Crippen LogP contribution is 2.18. The Morgan fingerprint density at radius 3 is 2.64 bits per heavy atom. The van der Waals surface area contributed by atoms with Gasteiger partial charge in [0.05, 0.1) is 0 Å².